The molecule has 2 heterocycles. The highest BCUT2D eigenvalue weighted by Gasteiger charge is 2.28. The van der Waals surface area contributed by atoms with Crippen LogP contribution in [0.5, 0.6) is 0 Å². The van der Waals surface area contributed by atoms with Gasteiger partial charge in [0.15, 0.2) is 0 Å². The van der Waals surface area contributed by atoms with Gasteiger partial charge in [-0.2, -0.15) is 0 Å². The summed E-state index contributed by atoms with van der Waals surface area (Å²) in [6, 6.07) is 0.844. The number of hydrogen-bond donors (Lipinski definition) is 1. The van der Waals surface area contributed by atoms with E-state index in [1.54, 1.807) is 12.4 Å². The molecule has 0 spiro atoms. The number of likely N-dealkylation sites (tertiary alicyclic amines) is 1. The summed E-state index contributed by atoms with van der Waals surface area (Å²) in [7, 11) is 0. The van der Waals surface area contributed by atoms with Crippen LogP contribution >= 0.6 is 0 Å². The highest BCUT2D eigenvalue weighted by molar-refractivity contribution is 5.03. The SMILES string of the molecule is C[C@@H](c1cnccn1)N1CCC[C@H]1CN. The van der Waals surface area contributed by atoms with E-state index in [9.17, 15) is 0 Å². The van der Waals surface area contributed by atoms with Crippen molar-refractivity contribution in [2.24, 2.45) is 5.73 Å². The first-order valence-corrected chi connectivity index (χ1v) is 5.54. The maximum absolute atomic E-state index is 5.76. The molecule has 1 aromatic heterocycles. The monoisotopic (exact) mass is 206 g/mol. The van der Waals surface area contributed by atoms with Crippen LogP contribution in [-0.4, -0.2) is 34.0 Å². The van der Waals surface area contributed by atoms with Crippen LogP contribution in [0, 0.1) is 0 Å². The molecule has 0 aromatic carbocycles. The third-order valence-electron chi connectivity index (χ3n) is 3.20. The van der Waals surface area contributed by atoms with Crippen molar-refractivity contribution < 1.29 is 0 Å². The van der Waals surface area contributed by atoms with Crippen LogP contribution in [0.15, 0.2) is 18.6 Å². The van der Waals surface area contributed by atoms with Crippen LogP contribution in [0.25, 0.3) is 0 Å². The van der Waals surface area contributed by atoms with Gasteiger partial charge in [0.1, 0.15) is 0 Å². The number of rotatable bonds is 3. The Morgan fingerprint density at radius 1 is 1.60 bits per heavy atom. The number of aromatic nitrogens is 2. The van der Waals surface area contributed by atoms with Crippen LogP contribution in [0.4, 0.5) is 0 Å². The molecule has 0 unspecified atom stereocenters. The van der Waals surface area contributed by atoms with E-state index in [2.05, 4.69) is 21.8 Å². The molecule has 0 amide bonds. The van der Waals surface area contributed by atoms with Crippen molar-refractivity contribution in [3.8, 4) is 0 Å². The van der Waals surface area contributed by atoms with E-state index in [1.807, 2.05) is 6.20 Å². The molecule has 4 heteroatoms. The molecule has 1 aliphatic rings. The van der Waals surface area contributed by atoms with Gasteiger partial charge in [-0.3, -0.25) is 14.9 Å². The van der Waals surface area contributed by atoms with Crippen molar-refractivity contribution in [3.05, 3.63) is 24.3 Å². The first-order valence-electron chi connectivity index (χ1n) is 5.54. The zero-order valence-corrected chi connectivity index (χ0v) is 9.13. The van der Waals surface area contributed by atoms with Crippen LogP contribution < -0.4 is 5.73 Å². The van der Waals surface area contributed by atoms with E-state index < -0.39 is 0 Å². The lowest BCUT2D eigenvalue weighted by atomic mass is 10.1. The van der Waals surface area contributed by atoms with Crippen molar-refractivity contribution >= 4 is 0 Å². The van der Waals surface area contributed by atoms with Crippen LogP contribution in [0.1, 0.15) is 31.5 Å². The van der Waals surface area contributed by atoms with E-state index in [1.165, 1.54) is 12.8 Å². The Labute approximate surface area is 90.5 Å². The van der Waals surface area contributed by atoms with E-state index in [0.29, 0.717) is 12.1 Å². The highest BCUT2D eigenvalue weighted by atomic mass is 15.2. The van der Waals surface area contributed by atoms with Gasteiger partial charge in [-0.25, -0.2) is 0 Å². The van der Waals surface area contributed by atoms with Gasteiger partial charge in [-0.15, -0.1) is 0 Å². The Morgan fingerprint density at radius 2 is 2.47 bits per heavy atom. The normalized spacial score (nSPS) is 24.3. The Morgan fingerprint density at radius 3 is 3.13 bits per heavy atom. The summed E-state index contributed by atoms with van der Waals surface area (Å²) < 4.78 is 0. The molecule has 4 nitrogen and oxygen atoms in total. The summed E-state index contributed by atoms with van der Waals surface area (Å²) in [5, 5.41) is 0. The van der Waals surface area contributed by atoms with Crippen molar-refractivity contribution in [3.63, 3.8) is 0 Å². The molecule has 1 saturated heterocycles. The Hall–Kier alpha value is -1.00. The van der Waals surface area contributed by atoms with Gasteiger partial charge in [0.05, 0.1) is 11.7 Å². The lowest BCUT2D eigenvalue weighted by molar-refractivity contribution is 0.193. The van der Waals surface area contributed by atoms with Gasteiger partial charge in [0, 0.05) is 31.2 Å². The molecular formula is C11H18N4. The summed E-state index contributed by atoms with van der Waals surface area (Å²) in [5.41, 5.74) is 6.80. The average molecular weight is 206 g/mol. The molecule has 82 valence electrons. The van der Waals surface area contributed by atoms with E-state index in [0.717, 1.165) is 18.8 Å². The minimum atomic E-state index is 0.328. The second-order valence-corrected chi connectivity index (χ2v) is 4.08. The summed E-state index contributed by atoms with van der Waals surface area (Å²) in [5.74, 6) is 0. The molecule has 15 heavy (non-hydrogen) atoms. The second kappa shape index (κ2) is 4.68. The maximum Gasteiger partial charge on any atom is 0.0755 e. The standard InChI is InChI=1S/C11H18N4/c1-9(11-8-13-4-5-14-11)15-6-2-3-10(15)7-12/h4-5,8-10H,2-3,6-7,12H2,1H3/t9-,10-/m0/s1. The fourth-order valence-electron chi connectivity index (χ4n) is 2.32. The fourth-order valence-corrected chi connectivity index (χ4v) is 2.32. The third-order valence-corrected chi connectivity index (χ3v) is 3.20. The highest BCUT2D eigenvalue weighted by Crippen LogP contribution is 2.26. The predicted octanol–water partition coefficient (Wildman–Crippen LogP) is 0.961. The molecule has 0 bridgehead atoms. The first-order chi connectivity index (χ1) is 7.33. The van der Waals surface area contributed by atoms with Crippen molar-refractivity contribution in [2.45, 2.75) is 31.8 Å². The largest absolute Gasteiger partial charge is 0.329 e. The Bertz CT molecular complexity index is 301. The zero-order chi connectivity index (χ0) is 10.7. The molecule has 1 fully saturated rings. The van der Waals surface area contributed by atoms with Crippen molar-refractivity contribution in [2.75, 3.05) is 13.1 Å². The number of hydrogen-bond acceptors (Lipinski definition) is 4. The van der Waals surface area contributed by atoms with Gasteiger partial charge in [-0.1, -0.05) is 0 Å². The van der Waals surface area contributed by atoms with Crippen molar-refractivity contribution in [1.82, 2.24) is 14.9 Å². The summed E-state index contributed by atoms with van der Waals surface area (Å²) in [6.45, 7) is 4.04. The molecule has 2 N–H and O–H groups in total. The van der Waals surface area contributed by atoms with E-state index in [-0.39, 0.29) is 0 Å². The predicted molar refractivity (Wildman–Crippen MR) is 59.2 cm³/mol. The molecule has 0 aliphatic carbocycles. The summed E-state index contributed by atoms with van der Waals surface area (Å²) >= 11 is 0. The van der Waals surface area contributed by atoms with Gasteiger partial charge < -0.3 is 5.73 Å². The molecule has 0 saturated carbocycles. The van der Waals surface area contributed by atoms with Crippen LogP contribution in [-0.2, 0) is 0 Å². The number of nitrogens with two attached hydrogens (primary N) is 1. The summed E-state index contributed by atoms with van der Waals surface area (Å²) in [6.07, 6.45) is 7.75. The van der Waals surface area contributed by atoms with Gasteiger partial charge in [-0.05, 0) is 26.3 Å². The van der Waals surface area contributed by atoms with E-state index in [4.69, 9.17) is 5.73 Å². The van der Waals surface area contributed by atoms with Crippen molar-refractivity contribution in [1.29, 1.82) is 0 Å². The molecule has 2 atom stereocenters. The molecular weight excluding hydrogens is 188 g/mol. The molecule has 1 aromatic rings. The summed E-state index contributed by atoms with van der Waals surface area (Å²) in [4.78, 5) is 10.9. The molecule has 2 rings (SSSR count). The third kappa shape index (κ3) is 2.16. The van der Waals surface area contributed by atoms with Crippen LogP contribution in [0.2, 0.25) is 0 Å². The first kappa shape index (κ1) is 10.5. The second-order valence-electron chi connectivity index (χ2n) is 4.08. The lowest BCUT2D eigenvalue weighted by Gasteiger charge is -2.29. The maximum atomic E-state index is 5.76. The zero-order valence-electron chi connectivity index (χ0n) is 9.13. The van der Waals surface area contributed by atoms with Gasteiger partial charge >= 0.3 is 0 Å². The smallest absolute Gasteiger partial charge is 0.0755 e. The topological polar surface area (TPSA) is 55.0 Å². The Balaban J connectivity index is 2.10. The quantitative estimate of drug-likeness (QED) is 0.800. The molecule has 1 aliphatic heterocycles. The van der Waals surface area contributed by atoms with Gasteiger partial charge in [0.2, 0.25) is 0 Å². The minimum absolute atomic E-state index is 0.328. The van der Waals surface area contributed by atoms with Gasteiger partial charge in [0.25, 0.3) is 0 Å². The Kier molecular flexibility index (Phi) is 3.28. The number of nitrogens with zero attached hydrogens (tertiary/aromatic N) is 3. The molecule has 0 radical (unpaired) electrons. The van der Waals surface area contributed by atoms with Crippen LogP contribution in [0.3, 0.4) is 0 Å². The average Bonchev–Trinajstić information content (AvgIpc) is 2.77. The lowest BCUT2D eigenvalue weighted by Crippen LogP contribution is -2.37. The fraction of sp³-hybridized carbons (Fsp3) is 0.636. The minimum Gasteiger partial charge on any atom is -0.329 e. The van der Waals surface area contributed by atoms with E-state index >= 15 is 0 Å².